The molecule has 122 valence electrons. The monoisotopic (exact) mass is 333 g/mol. The van der Waals surface area contributed by atoms with Crippen molar-refractivity contribution in [2.75, 3.05) is 17.2 Å². The topological polar surface area (TPSA) is 90.5 Å². The zero-order valence-corrected chi connectivity index (χ0v) is 13.5. The second-order valence-electron chi connectivity index (χ2n) is 4.95. The molecule has 0 radical (unpaired) electrons. The smallest absolute Gasteiger partial charge is 0.250 e. The lowest BCUT2D eigenvalue weighted by Crippen LogP contribution is -2.37. The Hall–Kier alpha value is -2.38. The molecular formula is C16H19N3O3S. The average Bonchev–Trinajstić information content (AvgIpc) is 3.06. The number of benzene rings is 1. The standard InChI is InChI=1S/C16H19N3O3S/c1-11(16(22)17-9-14-6-3-7-23-14)18-12-4-2-5-13(8-12)19-15(21)10-20/h2-8,11,18,20H,9-10H2,1H3,(H,17,22)(H,19,21)/t11-/m1/s1. The van der Waals surface area contributed by atoms with Crippen LogP contribution in [-0.4, -0.2) is 29.6 Å². The summed E-state index contributed by atoms with van der Waals surface area (Å²) < 4.78 is 0. The molecule has 0 aliphatic rings. The van der Waals surface area contributed by atoms with Gasteiger partial charge in [0.05, 0.1) is 6.54 Å². The minimum absolute atomic E-state index is 0.108. The van der Waals surface area contributed by atoms with E-state index >= 15 is 0 Å². The Morgan fingerprint density at radius 2 is 2.00 bits per heavy atom. The summed E-state index contributed by atoms with van der Waals surface area (Å²) in [6.07, 6.45) is 0. The van der Waals surface area contributed by atoms with Crippen LogP contribution < -0.4 is 16.0 Å². The molecule has 0 saturated carbocycles. The summed E-state index contributed by atoms with van der Waals surface area (Å²) in [7, 11) is 0. The van der Waals surface area contributed by atoms with Crippen LogP contribution in [0.5, 0.6) is 0 Å². The Morgan fingerprint density at radius 3 is 2.70 bits per heavy atom. The highest BCUT2D eigenvalue weighted by molar-refractivity contribution is 7.09. The van der Waals surface area contributed by atoms with Gasteiger partial charge in [-0.25, -0.2) is 0 Å². The fraction of sp³-hybridized carbons (Fsp3) is 0.250. The molecule has 0 unspecified atom stereocenters. The van der Waals surface area contributed by atoms with Crippen molar-refractivity contribution in [3.8, 4) is 0 Å². The van der Waals surface area contributed by atoms with Gasteiger partial charge in [-0.2, -0.15) is 0 Å². The minimum Gasteiger partial charge on any atom is -0.387 e. The van der Waals surface area contributed by atoms with E-state index in [1.807, 2.05) is 17.5 Å². The largest absolute Gasteiger partial charge is 0.387 e. The van der Waals surface area contributed by atoms with Gasteiger partial charge in [0.1, 0.15) is 12.6 Å². The Balaban J connectivity index is 1.88. The lowest BCUT2D eigenvalue weighted by molar-refractivity contribution is -0.121. The van der Waals surface area contributed by atoms with E-state index in [2.05, 4.69) is 16.0 Å². The summed E-state index contributed by atoms with van der Waals surface area (Å²) in [6, 6.07) is 10.5. The molecule has 0 saturated heterocycles. The number of amides is 2. The molecule has 0 aliphatic heterocycles. The van der Waals surface area contributed by atoms with E-state index in [0.717, 1.165) is 4.88 Å². The SMILES string of the molecule is C[C@@H](Nc1cccc(NC(=O)CO)c1)C(=O)NCc1cccs1. The zero-order valence-electron chi connectivity index (χ0n) is 12.7. The van der Waals surface area contributed by atoms with Gasteiger partial charge < -0.3 is 21.1 Å². The zero-order chi connectivity index (χ0) is 16.7. The minimum atomic E-state index is -0.570. The number of hydrogen-bond donors (Lipinski definition) is 4. The van der Waals surface area contributed by atoms with Gasteiger partial charge in [-0.15, -0.1) is 11.3 Å². The summed E-state index contributed by atoms with van der Waals surface area (Å²) in [5.41, 5.74) is 1.26. The van der Waals surface area contributed by atoms with E-state index < -0.39 is 18.6 Å². The Labute approximate surface area is 138 Å². The van der Waals surface area contributed by atoms with Gasteiger partial charge in [-0.3, -0.25) is 9.59 Å². The van der Waals surface area contributed by atoms with E-state index in [1.165, 1.54) is 0 Å². The van der Waals surface area contributed by atoms with Crippen LogP contribution in [0, 0.1) is 0 Å². The van der Waals surface area contributed by atoms with Crippen molar-refractivity contribution in [1.29, 1.82) is 0 Å². The first-order chi connectivity index (χ1) is 11.1. The predicted molar refractivity (Wildman–Crippen MR) is 91.4 cm³/mol. The molecule has 1 heterocycles. The van der Waals surface area contributed by atoms with Crippen molar-refractivity contribution in [1.82, 2.24) is 5.32 Å². The molecule has 1 atom stereocenters. The van der Waals surface area contributed by atoms with Gasteiger partial charge in [-0.1, -0.05) is 12.1 Å². The molecule has 6 nitrogen and oxygen atoms in total. The maximum absolute atomic E-state index is 12.1. The highest BCUT2D eigenvalue weighted by Gasteiger charge is 2.12. The molecule has 1 aromatic heterocycles. The Kier molecular flexibility index (Phi) is 6.13. The van der Waals surface area contributed by atoms with Crippen LogP contribution in [-0.2, 0) is 16.1 Å². The summed E-state index contributed by atoms with van der Waals surface area (Å²) in [5.74, 6) is -0.591. The third-order valence-corrected chi connectivity index (χ3v) is 3.96. The maximum Gasteiger partial charge on any atom is 0.250 e. The van der Waals surface area contributed by atoms with Crippen molar-refractivity contribution in [2.24, 2.45) is 0 Å². The summed E-state index contributed by atoms with van der Waals surface area (Å²) in [6.45, 7) is 1.71. The Morgan fingerprint density at radius 1 is 1.22 bits per heavy atom. The number of aliphatic hydroxyl groups excluding tert-OH is 1. The first kappa shape index (κ1) is 17.0. The number of aliphatic hydroxyl groups is 1. The molecule has 2 amide bonds. The molecule has 0 fully saturated rings. The first-order valence-corrected chi connectivity index (χ1v) is 8.04. The van der Waals surface area contributed by atoms with E-state index in [0.29, 0.717) is 17.9 Å². The van der Waals surface area contributed by atoms with E-state index in [1.54, 1.807) is 42.5 Å². The second-order valence-corrected chi connectivity index (χ2v) is 5.98. The quantitative estimate of drug-likeness (QED) is 0.622. The number of thiophene rings is 1. The number of anilines is 2. The molecule has 7 heteroatoms. The predicted octanol–water partition coefficient (Wildman–Crippen LogP) is 1.80. The molecular weight excluding hydrogens is 314 g/mol. The van der Waals surface area contributed by atoms with E-state index in [-0.39, 0.29) is 5.91 Å². The van der Waals surface area contributed by atoms with Gasteiger partial charge in [0.15, 0.2) is 0 Å². The fourth-order valence-corrected chi connectivity index (χ4v) is 2.59. The van der Waals surface area contributed by atoms with Crippen molar-refractivity contribution >= 4 is 34.5 Å². The van der Waals surface area contributed by atoms with Crippen LogP contribution in [0.4, 0.5) is 11.4 Å². The number of rotatable bonds is 7. The molecule has 2 rings (SSSR count). The van der Waals surface area contributed by atoms with Gasteiger partial charge in [0.2, 0.25) is 11.8 Å². The van der Waals surface area contributed by atoms with Gasteiger partial charge in [-0.05, 0) is 36.6 Å². The lowest BCUT2D eigenvalue weighted by atomic mass is 10.2. The summed E-state index contributed by atoms with van der Waals surface area (Å²) in [4.78, 5) is 24.4. The van der Waals surface area contributed by atoms with Crippen LogP contribution in [0.2, 0.25) is 0 Å². The highest BCUT2D eigenvalue weighted by atomic mass is 32.1. The van der Waals surface area contributed by atoms with Crippen molar-refractivity contribution in [3.05, 3.63) is 46.7 Å². The third-order valence-electron chi connectivity index (χ3n) is 3.08. The first-order valence-electron chi connectivity index (χ1n) is 7.16. The molecule has 0 bridgehead atoms. The molecule has 2 aromatic rings. The highest BCUT2D eigenvalue weighted by Crippen LogP contribution is 2.16. The molecule has 0 spiro atoms. The van der Waals surface area contributed by atoms with Crippen LogP contribution in [0.3, 0.4) is 0 Å². The number of carbonyl (C=O) groups excluding carboxylic acids is 2. The van der Waals surface area contributed by atoms with Crippen molar-refractivity contribution in [3.63, 3.8) is 0 Å². The Bertz CT molecular complexity index is 658. The molecule has 1 aromatic carbocycles. The number of carbonyl (C=O) groups is 2. The van der Waals surface area contributed by atoms with E-state index in [4.69, 9.17) is 5.11 Å². The van der Waals surface area contributed by atoms with Gasteiger partial charge in [0.25, 0.3) is 0 Å². The maximum atomic E-state index is 12.1. The van der Waals surface area contributed by atoms with Crippen LogP contribution in [0.15, 0.2) is 41.8 Å². The van der Waals surface area contributed by atoms with Gasteiger partial charge in [0, 0.05) is 16.3 Å². The normalized spacial score (nSPS) is 11.6. The summed E-state index contributed by atoms with van der Waals surface area (Å²) >= 11 is 1.59. The molecule has 0 aliphatic carbocycles. The molecule has 23 heavy (non-hydrogen) atoms. The van der Waals surface area contributed by atoms with Gasteiger partial charge >= 0.3 is 0 Å². The van der Waals surface area contributed by atoms with E-state index in [9.17, 15) is 9.59 Å². The average molecular weight is 333 g/mol. The summed E-state index contributed by atoms with van der Waals surface area (Å²) in [5, 5.41) is 19.2. The third kappa shape index (κ3) is 5.39. The molecule has 4 N–H and O–H groups in total. The van der Waals surface area contributed by atoms with Crippen LogP contribution >= 0.6 is 11.3 Å². The van der Waals surface area contributed by atoms with Crippen LogP contribution in [0.1, 0.15) is 11.8 Å². The van der Waals surface area contributed by atoms with Crippen molar-refractivity contribution < 1.29 is 14.7 Å². The lowest BCUT2D eigenvalue weighted by Gasteiger charge is -2.16. The van der Waals surface area contributed by atoms with Crippen LogP contribution in [0.25, 0.3) is 0 Å². The second kappa shape index (κ2) is 8.30. The van der Waals surface area contributed by atoms with Crippen molar-refractivity contribution in [2.45, 2.75) is 19.5 Å². The fourth-order valence-electron chi connectivity index (χ4n) is 1.94. The number of hydrogen-bond acceptors (Lipinski definition) is 5. The number of nitrogens with one attached hydrogen (secondary N) is 3.